The molecule has 0 amide bonds. The molecule has 0 bridgehead atoms. The quantitative estimate of drug-likeness (QED) is 0.697. The highest BCUT2D eigenvalue weighted by Crippen LogP contribution is 2.28. The number of thiazole rings is 1. The molecular weight excluding hydrogens is 196 g/mol. The summed E-state index contributed by atoms with van der Waals surface area (Å²) in [5.74, 6) is 0.535. The van der Waals surface area contributed by atoms with Crippen LogP contribution in [0.5, 0.6) is 0 Å². The lowest BCUT2D eigenvalue weighted by molar-refractivity contribution is 0.112. The van der Waals surface area contributed by atoms with Crippen LogP contribution in [0.15, 0.2) is 6.20 Å². The third-order valence-corrected chi connectivity index (χ3v) is 3.72. The Balaban J connectivity index is 2.09. The maximum absolute atomic E-state index is 10.5. The lowest BCUT2D eigenvalue weighted by Crippen LogP contribution is -2.30. The first kappa shape index (κ1) is 9.80. The van der Waals surface area contributed by atoms with Crippen LogP contribution in [0.2, 0.25) is 0 Å². The summed E-state index contributed by atoms with van der Waals surface area (Å²) in [6, 6.07) is 0. The molecule has 14 heavy (non-hydrogen) atoms. The van der Waals surface area contributed by atoms with Crippen molar-refractivity contribution in [2.75, 3.05) is 20.1 Å². The highest BCUT2D eigenvalue weighted by atomic mass is 32.1. The molecule has 1 fully saturated rings. The normalized spacial score (nSPS) is 23.6. The molecule has 0 radical (unpaired) electrons. The van der Waals surface area contributed by atoms with Crippen molar-refractivity contribution in [3.05, 3.63) is 16.1 Å². The summed E-state index contributed by atoms with van der Waals surface area (Å²) < 4.78 is 0. The van der Waals surface area contributed by atoms with Crippen LogP contribution in [0, 0.1) is 0 Å². The monoisotopic (exact) mass is 210 g/mol. The molecule has 0 aliphatic carbocycles. The zero-order chi connectivity index (χ0) is 9.97. The third kappa shape index (κ3) is 2.01. The maximum Gasteiger partial charge on any atom is 0.161 e. The molecule has 0 spiro atoms. The van der Waals surface area contributed by atoms with Crippen molar-refractivity contribution in [3.8, 4) is 0 Å². The van der Waals surface area contributed by atoms with Gasteiger partial charge in [0.2, 0.25) is 0 Å². The van der Waals surface area contributed by atoms with Gasteiger partial charge in [-0.05, 0) is 26.4 Å². The Hall–Kier alpha value is -0.740. The van der Waals surface area contributed by atoms with Crippen LogP contribution >= 0.6 is 11.3 Å². The van der Waals surface area contributed by atoms with Crippen LogP contribution in [0.25, 0.3) is 0 Å². The zero-order valence-electron chi connectivity index (χ0n) is 8.27. The topological polar surface area (TPSA) is 33.2 Å². The van der Waals surface area contributed by atoms with Gasteiger partial charge in [0.05, 0.1) is 9.88 Å². The van der Waals surface area contributed by atoms with Crippen molar-refractivity contribution in [2.24, 2.45) is 0 Å². The molecule has 1 aromatic rings. The first-order chi connectivity index (χ1) is 6.79. The molecule has 0 aromatic carbocycles. The van der Waals surface area contributed by atoms with Gasteiger partial charge in [-0.3, -0.25) is 4.79 Å². The number of aldehydes is 1. The van der Waals surface area contributed by atoms with E-state index < -0.39 is 0 Å². The van der Waals surface area contributed by atoms with E-state index in [0.29, 0.717) is 5.92 Å². The predicted octanol–water partition coefficient (Wildman–Crippen LogP) is 1.76. The minimum absolute atomic E-state index is 0.535. The largest absolute Gasteiger partial charge is 0.306 e. The van der Waals surface area contributed by atoms with Gasteiger partial charge in [0.1, 0.15) is 0 Å². The summed E-state index contributed by atoms with van der Waals surface area (Å²) in [6.07, 6.45) is 5.00. The minimum Gasteiger partial charge on any atom is -0.306 e. The van der Waals surface area contributed by atoms with E-state index in [0.717, 1.165) is 22.7 Å². The molecule has 1 aliphatic heterocycles. The molecule has 2 rings (SSSR count). The number of hydrogen-bond donors (Lipinski definition) is 0. The van der Waals surface area contributed by atoms with E-state index in [1.165, 1.54) is 30.7 Å². The lowest BCUT2D eigenvalue weighted by atomic mass is 9.99. The average molecular weight is 210 g/mol. The van der Waals surface area contributed by atoms with Gasteiger partial charge >= 0.3 is 0 Å². The molecule has 0 saturated carbocycles. The van der Waals surface area contributed by atoms with E-state index in [-0.39, 0.29) is 0 Å². The van der Waals surface area contributed by atoms with Crippen molar-refractivity contribution in [2.45, 2.75) is 18.8 Å². The first-order valence-electron chi connectivity index (χ1n) is 4.89. The molecule has 76 valence electrons. The van der Waals surface area contributed by atoms with Gasteiger partial charge in [0.15, 0.2) is 6.29 Å². The SMILES string of the molecule is CN1CCCC(c2ncc(C=O)s2)C1. The summed E-state index contributed by atoms with van der Waals surface area (Å²) in [4.78, 5) is 17.9. The zero-order valence-corrected chi connectivity index (χ0v) is 9.09. The Morgan fingerprint density at radius 2 is 2.57 bits per heavy atom. The summed E-state index contributed by atoms with van der Waals surface area (Å²) in [5.41, 5.74) is 0. The molecule has 1 unspecified atom stereocenters. The molecule has 1 atom stereocenters. The fraction of sp³-hybridized carbons (Fsp3) is 0.600. The Morgan fingerprint density at radius 1 is 1.71 bits per heavy atom. The number of nitrogens with zero attached hydrogens (tertiary/aromatic N) is 2. The van der Waals surface area contributed by atoms with Crippen molar-refractivity contribution in [3.63, 3.8) is 0 Å². The van der Waals surface area contributed by atoms with E-state index in [1.807, 2.05) is 0 Å². The van der Waals surface area contributed by atoms with Crippen molar-refractivity contribution < 1.29 is 4.79 Å². The standard InChI is InChI=1S/C10H14N2OS/c1-12-4-2-3-8(6-12)10-11-5-9(7-13)14-10/h5,7-8H,2-4,6H2,1H3. The number of likely N-dealkylation sites (tertiary alicyclic amines) is 1. The molecular formula is C10H14N2OS. The number of rotatable bonds is 2. The van der Waals surface area contributed by atoms with Crippen LogP contribution in [0.4, 0.5) is 0 Å². The summed E-state index contributed by atoms with van der Waals surface area (Å²) >= 11 is 1.54. The van der Waals surface area contributed by atoms with Crippen molar-refractivity contribution in [1.29, 1.82) is 0 Å². The van der Waals surface area contributed by atoms with Crippen molar-refractivity contribution in [1.82, 2.24) is 9.88 Å². The molecule has 1 aliphatic rings. The first-order valence-corrected chi connectivity index (χ1v) is 5.70. The van der Waals surface area contributed by atoms with Gasteiger partial charge in [0.25, 0.3) is 0 Å². The van der Waals surface area contributed by atoms with Crippen LogP contribution in [0.1, 0.15) is 33.4 Å². The van der Waals surface area contributed by atoms with Gasteiger partial charge in [0, 0.05) is 18.7 Å². The van der Waals surface area contributed by atoms with E-state index >= 15 is 0 Å². The third-order valence-electron chi connectivity index (χ3n) is 2.63. The average Bonchev–Trinajstić information content (AvgIpc) is 2.66. The van der Waals surface area contributed by atoms with Gasteiger partial charge in [-0.1, -0.05) is 0 Å². The van der Waals surface area contributed by atoms with Crippen LogP contribution in [-0.2, 0) is 0 Å². The minimum atomic E-state index is 0.535. The van der Waals surface area contributed by atoms with Gasteiger partial charge in [-0.25, -0.2) is 4.98 Å². The number of carbonyl (C=O) groups is 1. The van der Waals surface area contributed by atoms with Gasteiger partial charge in [-0.2, -0.15) is 0 Å². The highest BCUT2D eigenvalue weighted by molar-refractivity contribution is 7.13. The van der Waals surface area contributed by atoms with Crippen molar-refractivity contribution >= 4 is 17.6 Å². The fourth-order valence-electron chi connectivity index (χ4n) is 1.91. The molecule has 3 nitrogen and oxygen atoms in total. The maximum atomic E-state index is 10.5. The highest BCUT2D eigenvalue weighted by Gasteiger charge is 2.21. The molecule has 1 aromatic heterocycles. The Morgan fingerprint density at radius 3 is 3.21 bits per heavy atom. The lowest BCUT2D eigenvalue weighted by Gasteiger charge is -2.28. The Kier molecular flexibility index (Phi) is 2.93. The number of hydrogen-bond acceptors (Lipinski definition) is 4. The van der Waals surface area contributed by atoms with E-state index in [9.17, 15) is 4.79 Å². The molecule has 2 heterocycles. The number of aromatic nitrogens is 1. The summed E-state index contributed by atoms with van der Waals surface area (Å²) in [5, 5.41) is 1.12. The number of piperidine rings is 1. The smallest absolute Gasteiger partial charge is 0.161 e. The summed E-state index contributed by atoms with van der Waals surface area (Å²) in [6.45, 7) is 2.26. The Labute approximate surface area is 87.8 Å². The summed E-state index contributed by atoms with van der Waals surface area (Å²) in [7, 11) is 2.14. The van der Waals surface area contributed by atoms with E-state index in [2.05, 4.69) is 16.9 Å². The molecule has 0 N–H and O–H groups in total. The second-order valence-electron chi connectivity index (χ2n) is 3.82. The predicted molar refractivity (Wildman–Crippen MR) is 57.0 cm³/mol. The second kappa shape index (κ2) is 4.19. The second-order valence-corrected chi connectivity index (χ2v) is 4.91. The fourth-order valence-corrected chi connectivity index (χ4v) is 2.77. The Bertz CT molecular complexity index is 324. The van der Waals surface area contributed by atoms with Crippen LogP contribution in [0.3, 0.4) is 0 Å². The van der Waals surface area contributed by atoms with Gasteiger partial charge in [-0.15, -0.1) is 11.3 Å². The number of carbonyl (C=O) groups excluding carboxylic acids is 1. The van der Waals surface area contributed by atoms with Crippen LogP contribution < -0.4 is 0 Å². The molecule has 1 saturated heterocycles. The van der Waals surface area contributed by atoms with E-state index in [4.69, 9.17) is 0 Å². The van der Waals surface area contributed by atoms with Gasteiger partial charge < -0.3 is 4.90 Å². The van der Waals surface area contributed by atoms with E-state index in [1.54, 1.807) is 6.20 Å². The van der Waals surface area contributed by atoms with Crippen LogP contribution in [-0.4, -0.2) is 36.3 Å². The number of likely N-dealkylation sites (N-methyl/N-ethyl adjacent to an activating group) is 1. The molecule has 4 heteroatoms.